The molecule has 1 spiro atoms. The minimum Gasteiger partial charge on any atom is -0.372 e. The predicted octanol–water partition coefficient (Wildman–Crippen LogP) is 1.37. The molecule has 1 aromatic heterocycles. The summed E-state index contributed by atoms with van der Waals surface area (Å²) in [5.41, 5.74) is 3.03. The molecule has 23 heavy (non-hydrogen) atoms. The monoisotopic (exact) mass is 359 g/mol. The number of thiazole rings is 1. The van der Waals surface area contributed by atoms with Gasteiger partial charge in [0.1, 0.15) is 0 Å². The molecule has 2 aliphatic heterocycles. The normalized spacial score (nSPS) is 24.7. The number of likely N-dealkylation sites (tertiary alicyclic amines) is 1. The van der Waals surface area contributed by atoms with Gasteiger partial charge in [-0.15, -0.1) is 11.3 Å². The van der Waals surface area contributed by atoms with Crippen molar-refractivity contribution in [3.8, 4) is 0 Å². The predicted molar refractivity (Wildman–Crippen MR) is 91.0 cm³/mol. The lowest BCUT2D eigenvalue weighted by Crippen LogP contribution is -2.64. The van der Waals surface area contributed by atoms with E-state index in [4.69, 9.17) is 4.74 Å². The largest absolute Gasteiger partial charge is 0.372 e. The summed E-state index contributed by atoms with van der Waals surface area (Å²) in [6, 6.07) is 0. The average Bonchev–Trinajstić information content (AvgIpc) is 2.90. The zero-order chi connectivity index (χ0) is 16.5. The van der Waals surface area contributed by atoms with Crippen molar-refractivity contribution in [2.45, 2.75) is 38.8 Å². The second-order valence-electron chi connectivity index (χ2n) is 6.66. The fourth-order valence-corrected chi connectivity index (χ4v) is 4.75. The second kappa shape index (κ2) is 6.76. The van der Waals surface area contributed by atoms with Crippen molar-refractivity contribution >= 4 is 21.4 Å². The van der Waals surface area contributed by atoms with Crippen LogP contribution in [0.1, 0.15) is 30.3 Å². The topological polar surface area (TPSA) is 71.5 Å². The minimum atomic E-state index is -3.10. The molecular weight excluding hydrogens is 334 g/mol. The Bertz CT molecular complexity index is 628. The highest BCUT2D eigenvalue weighted by Gasteiger charge is 2.46. The molecule has 2 aliphatic rings. The van der Waals surface area contributed by atoms with Crippen molar-refractivity contribution in [2.24, 2.45) is 5.92 Å². The van der Waals surface area contributed by atoms with Crippen LogP contribution >= 0.6 is 11.3 Å². The summed E-state index contributed by atoms with van der Waals surface area (Å²) < 4.78 is 31.8. The first-order valence-electron chi connectivity index (χ1n) is 8.14. The maximum absolute atomic E-state index is 11.5. The van der Waals surface area contributed by atoms with Gasteiger partial charge in [-0.25, -0.2) is 18.1 Å². The highest BCUT2D eigenvalue weighted by molar-refractivity contribution is 7.89. The molecule has 8 heteroatoms. The lowest BCUT2D eigenvalue weighted by atomic mass is 9.83. The fraction of sp³-hybridized carbons (Fsp3) is 0.800. The van der Waals surface area contributed by atoms with E-state index in [1.54, 1.807) is 18.3 Å². The van der Waals surface area contributed by atoms with E-state index in [-0.39, 0.29) is 11.4 Å². The molecular formula is C15H25N3O3S2. The van der Waals surface area contributed by atoms with Crippen LogP contribution in [0.25, 0.3) is 0 Å². The second-order valence-corrected chi connectivity index (χ2v) is 9.69. The van der Waals surface area contributed by atoms with Gasteiger partial charge in [-0.1, -0.05) is 0 Å². The van der Waals surface area contributed by atoms with Gasteiger partial charge >= 0.3 is 0 Å². The molecule has 3 heterocycles. The van der Waals surface area contributed by atoms with Crippen LogP contribution in [0.5, 0.6) is 0 Å². The van der Waals surface area contributed by atoms with Crippen molar-refractivity contribution in [3.05, 3.63) is 16.1 Å². The van der Waals surface area contributed by atoms with E-state index in [0.717, 1.165) is 38.2 Å². The molecule has 1 aromatic rings. The number of hydrogen-bond acceptors (Lipinski definition) is 6. The Balaban J connectivity index is 1.41. The summed E-state index contributed by atoms with van der Waals surface area (Å²) in [7, 11) is -3.10. The average molecular weight is 360 g/mol. The molecule has 2 fully saturated rings. The quantitative estimate of drug-likeness (QED) is 0.831. The highest BCUT2D eigenvalue weighted by Crippen LogP contribution is 2.37. The van der Waals surface area contributed by atoms with Gasteiger partial charge in [-0.3, -0.25) is 4.90 Å². The molecule has 0 bridgehead atoms. The third kappa shape index (κ3) is 4.11. The molecule has 1 N–H and O–H groups in total. The van der Waals surface area contributed by atoms with Crippen LogP contribution in [0.4, 0.5) is 0 Å². The van der Waals surface area contributed by atoms with Crippen LogP contribution in [0, 0.1) is 12.8 Å². The third-order valence-electron chi connectivity index (χ3n) is 4.84. The summed E-state index contributed by atoms with van der Waals surface area (Å²) >= 11 is 1.71. The smallest absolute Gasteiger partial charge is 0.211 e. The van der Waals surface area contributed by atoms with Crippen LogP contribution in [0.15, 0.2) is 5.51 Å². The van der Waals surface area contributed by atoms with Crippen molar-refractivity contribution < 1.29 is 13.2 Å². The van der Waals surface area contributed by atoms with Gasteiger partial charge in [-0.2, -0.15) is 0 Å². The molecule has 2 saturated heterocycles. The first-order chi connectivity index (χ1) is 10.9. The number of nitrogens with zero attached hydrogens (tertiary/aromatic N) is 2. The molecule has 130 valence electrons. The molecule has 0 aromatic carbocycles. The highest BCUT2D eigenvalue weighted by atomic mass is 32.2. The fourth-order valence-electron chi connectivity index (χ4n) is 3.24. The van der Waals surface area contributed by atoms with E-state index in [9.17, 15) is 8.42 Å². The zero-order valence-corrected chi connectivity index (χ0v) is 15.4. The first-order valence-corrected chi connectivity index (χ1v) is 10.7. The van der Waals surface area contributed by atoms with E-state index in [0.29, 0.717) is 19.1 Å². The zero-order valence-electron chi connectivity index (χ0n) is 13.7. The van der Waals surface area contributed by atoms with E-state index < -0.39 is 10.0 Å². The SMILES string of the molecule is CCS(=O)(=O)NC[C@H]1CCC2(CN(Cc3scnc3C)C2)OC1. The van der Waals surface area contributed by atoms with Gasteiger partial charge < -0.3 is 4.74 Å². The van der Waals surface area contributed by atoms with Gasteiger partial charge in [-0.05, 0) is 32.6 Å². The standard InChI is InChI=1S/C15H25N3O3S2/c1-3-23(19,20)17-6-13-4-5-15(21-8-13)9-18(10-15)7-14-12(2)16-11-22-14/h11,13,17H,3-10H2,1-2H3/t13-/m1/s1. The maximum atomic E-state index is 11.5. The molecule has 0 radical (unpaired) electrons. The Morgan fingerprint density at radius 2 is 2.30 bits per heavy atom. The Labute approximate surface area is 142 Å². The molecule has 6 nitrogen and oxygen atoms in total. The Morgan fingerprint density at radius 3 is 2.87 bits per heavy atom. The van der Waals surface area contributed by atoms with E-state index in [1.807, 2.05) is 5.51 Å². The summed E-state index contributed by atoms with van der Waals surface area (Å²) in [6.45, 7) is 7.76. The summed E-state index contributed by atoms with van der Waals surface area (Å²) in [4.78, 5) is 8.03. The Hall–Kier alpha value is -0.540. The van der Waals surface area contributed by atoms with Crippen molar-refractivity contribution in [3.63, 3.8) is 0 Å². The van der Waals surface area contributed by atoms with Gasteiger partial charge in [0.05, 0.1) is 29.2 Å². The van der Waals surface area contributed by atoms with Crippen LogP contribution in [-0.4, -0.2) is 55.9 Å². The summed E-state index contributed by atoms with van der Waals surface area (Å²) in [6.07, 6.45) is 2.04. The molecule has 1 atom stereocenters. The Kier molecular flexibility index (Phi) is 5.08. The van der Waals surface area contributed by atoms with Crippen LogP contribution in [0.2, 0.25) is 0 Å². The molecule has 0 saturated carbocycles. The number of aromatic nitrogens is 1. The van der Waals surface area contributed by atoms with Crippen LogP contribution in [-0.2, 0) is 21.3 Å². The number of aryl methyl sites for hydroxylation is 1. The van der Waals surface area contributed by atoms with E-state index in [2.05, 4.69) is 21.5 Å². The van der Waals surface area contributed by atoms with E-state index >= 15 is 0 Å². The lowest BCUT2D eigenvalue weighted by Gasteiger charge is -2.52. The lowest BCUT2D eigenvalue weighted by molar-refractivity contribution is -0.180. The maximum Gasteiger partial charge on any atom is 0.211 e. The number of nitrogens with one attached hydrogen (secondary N) is 1. The van der Waals surface area contributed by atoms with E-state index in [1.165, 1.54) is 4.88 Å². The van der Waals surface area contributed by atoms with Crippen molar-refractivity contribution in [1.29, 1.82) is 0 Å². The van der Waals surface area contributed by atoms with Gasteiger partial charge in [0.15, 0.2) is 0 Å². The third-order valence-corrected chi connectivity index (χ3v) is 7.13. The van der Waals surface area contributed by atoms with Crippen molar-refractivity contribution in [2.75, 3.05) is 32.0 Å². The molecule has 0 unspecified atom stereocenters. The molecule has 0 aliphatic carbocycles. The first kappa shape index (κ1) is 17.3. The molecule has 0 amide bonds. The number of sulfonamides is 1. The number of hydrogen-bond donors (Lipinski definition) is 1. The Morgan fingerprint density at radius 1 is 1.52 bits per heavy atom. The number of ether oxygens (including phenoxy) is 1. The van der Waals surface area contributed by atoms with Gasteiger partial charge in [0, 0.05) is 31.1 Å². The van der Waals surface area contributed by atoms with Crippen molar-refractivity contribution in [1.82, 2.24) is 14.6 Å². The summed E-state index contributed by atoms with van der Waals surface area (Å²) in [5.74, 6) is 0.427. The summed E-state index contributed by atoms with van der Waals surface area (Å²) in [5, 5.41) is 0. The van der Waals surface area contributed by atoms with Gasteiger partial charge in [0.25, 0.3) is 0 Å². The van der Waals surface area contributed by atoms with Gasteiger partial charge in [0.2, 0.25) is 10.0 Å². The molecule has 3 rings (SSSR count). The minimum absolute atomic E-state index is 0.00127. The van der Waals surface area contributed by atoms with Crippen LogP contribution in [0.3, 0.4) is 0 Å². The number of rotatable bonds is 6. The van der Waals surface area contributed by atoms with Crippen LogP contribution < -0.4 is 4.72 Å².